The van der Waals surface area contributed by atoms with Crippen LogP contribution >= 0.6 is 0 Å². The number of aromatic nitrogens is 1. The summed E-state index contributed by atoms with van der Waals surface area (Å²) in [5.41, 5.74) is 2.92. The number of nitrogens with one attached hydrogen (secondary N) is 1. The number of rotatable bonds is 6. The highest BCUT2D eigenvalue weighted by atomic mass is 16.2. The molecule has 1 spiro atoms. The van der Waals surface area contributed by atoms with Gasteiger partial charge in [0.15, 0.2) is 0 Å². The zero-order valence-electron chi connectivity index (χ0n) is 18.6. The smallest absolute Gasteiger partial charge is 0.327 e. The number of carbonyl (C=O) groups excluding carboxylic acids is 2. The van der Waals surface area contributed by atoms with Crippen molar-refractivity contribution in [3.05, 3.63) is 71.9 Å². The fourth-order valence-electron chi connectivity index (χ4n) is 5.32. The molecule has 3 heterocycles. The minimum absolute atomic E-state index is 0.00944. The Morgan fingerprint density at radius 2 is 1.69 bits per heavy atom. The second-order valence-corrected chi connectivity index (χ2v) is 8.89. The number of carbonyl (C=O) groups is 2. The van der Waals surface area contributed by atoms with Crippen molar-refractivity contribution in [2.24, 2.45) is 0 Å². The second-order valence-electron chi connectivity index (χ2n) is 8.89. The van der Waals surface area contributed by atoms with Crippen molar-refractivity contribution in [3.8, 4) is 0 Å². The molecule has 3 aromatic rings. The molecule has 32 heavy (non-hydrogen) atoms. The molecule has 1 aromatic heterocycles. The number of urea groups is 1. The number of para-hydroxylation sites is 1. The van der Waals surface area contributed by atoms with Gasteiger partial charge in [0.05, 0.1) is 0 Å². The third kappa shape index (κ3) is 3.48. The van der Waals surface area contributed by atoms with E-state index in [1.165, 1.54) is 21.4 Å². The number of likely N-dealkylation sites (N-methyl/N-ethyl adjacent to an activating group) is 1. The summed E-state index contributed by atoms with van der Waals surface area (Å²) < 4.78 is 0. The molecule has 2 aliphatic heterocycles. The summed E-state index contributed by atoms with van der Waals surface area (Å²) in [4.78, 5) is 35.6. The molecule has 0 aliphatic carbocycles. The maximum absolute atomic E-state index is 13.4. The lowest BCUT2D eigenvalue weighted by molar-refractivity contribution is -0.135. The number of likely N-dealkylation sites (tertiary alicyclic amines) is 1. The molecule has 2 aromatic carbocycles. The number of imide groups is 1. The van der Waals surface area contributed by atoms with Crippen LogP contribution in [-0.4, -0.2) is 63.3 Å². The zero-order valence-corrected chi connectivity index (χ0v) is 18.6. The number of H-pyrrole nitrogens is 1. The first-order valence-corrected chi connectivity index (χ1v) is 11.6. The molecule has 2 saturated heterocycles. The van der Waals surface area contributed by atoms with Gasteiger partial charge in [0.25, 0.3) is 5.91 Å². The number of hydrogen-bond donors (Lipinski definition) is 1. The Morgan fingerprint density at radius 1 is 0.969 bits per heavy atom. The normalized spacial score (nSPS) is 18.9. The fourth-order valence-corrected chi connectivity index (χ4v) is 5.32. The SMILES string of the molecule is CCN1C(=O)N(CCc2ccccc2)C2(CCN(Cc3c[nH]c4ccccc34)CC2)C1=O. The van der Waals surface area contributed by atoms with Crippen molar-refractivity contribution in [2.45, 2.75) is 38.3 Å². The molecule has 2 fully saturated rings. The number of fused-ring (bicyclic) bond motifs is 1. The Kier molecular flexibility index (Phi) is 5.47. The van der Waals surface area contributed by atoms with Crippen LogP contribution in [0.25, 0.3) is 10.9 Å². The van der Waals surface area contributed by atoms with Gasteiger partial charge in [-0.15, -0.1) is 0 Å². The lowest BCUT2D eigenvalue weighted by Crippen LogP contribution is -2.56. The van der Waals surface area contributed by atoms with Gasteiger partial charge in [0.1, 0.15) is 5.54 Å². The molecule has 166 valence electrons. The topological polar surface area (TPSA) is 59.7 Å². The minimum Gasteiger partial charge on any atom is -0.361 e. The molecule has 0 unspecified atom stereocenters. The van der Waals surface area contributed by atoms with E-state index in [9.17, 15) is 9.59 Å². The number of aromatic amines is 1. The van der Waals surface area contributed by atoms with Crippen molar-refractivity contribution < 1.29 is 9.59 Å². The Balaban J connectivity index is 1.32. The first-order chi connectivity index (χ1) is 15.6. The molecule has 0 bridgehead atoms. The third-order valence-corrected chi connectivity index (χ3v) is 7.16. The molecule has 0 radical (unpaired) electrons. The quantitative estimate of drug-likeness (QED) is 0.601. The standard InChI is InChI=1S/C26H30N4O2/c1-2-29-24(31)26(30(25(29)32)15-12-20-8-4-3-5-9-20)13-16-28(17-14-26)19-21-18-27-23-11-7-6-10-22(21)23/h3-11,18,27H,2,12-17,19H2,1H3. The highest BCUT2D eigenvalue weighted by molar-refractivity contribution is 6.07. The number of benzene rings is 2. The van der Waals surface area contributed by atoms with Crippen LogP contribution in [0.15, 0.2) is 60.8 Å². The average Bonchev–Trinajstić information content (AvgIpc) is 3.31. The maximum Gasteiger partial charge on any atom is 0.327 e. The first-order valence-electron chi connectivity index (χ1n) is 11.6. The van der Waals surface area contributed by atoms with Crippen molar-refractivity contribution in [1.29, 1.82) is 0 Å². The molecule has 3 amide bonds. The number of amides is 3. The molecule has 6 heteroatoms. The van der Waals surface area contributed by atoms with Crippen LogP contribution in [0.1, 0.15) is 30.9 Å². The van der Waals surface area contributed by atoms with Crippen molar-refractivity contribution in [1.82, 2.24) is 19.7 Å². The molecule has 2 aliphatic rings. The van der Waals surface area contributed by atoms with Crippen LogP contribution in [-0.2, 0) is 17.8 Å². The fraction of sp³-hybridized carbons (Fsp3) is 0.385. The van der Waals surface area contributed by atoms with Crippen molar-refractivity contribution >= 4 is 22.8 Å². The van der Waals surface area contributed by atoms with E-state index in [2.05, 4.69) is 46.4 Å². The van der Waals surface area contributed by atoms with E-state index in [4.69, 9.17) is 0 Å². The van der Waals surface area contributed by atoms with Crippen LogP contribution in [0.5, 0.6) is 0 Å². The Morgan fingerprint density at radius 3 is 2.44 bits per heavy atom. The zero-order chi connectivity index (χ0) is 22.1. The maximum atomic E-state index is 13.4. The van der Waals surface area contributed by atoms with E-state index in [1.54, 1.807) is 0 Å². The van der Waals surface area contributed by atoms with E-state index < -0.39 is 5.54 Å². The van der Waals surface area contributed by atoms with Crippen molar-refractivity contribution in [2.75, 3.05) is 26.2 Å². The van der Waals surface area contributed by atoms with Crippen LogP contribution in [0.4, 0.5) is 4.79 Å². The Bertz CT molecular complexity index is 1120. The van der Waals surface area contributed by atoms with Gasteiger partial charge in [-0.1, -0.05) is 48.5 Å². The average molecular weight is 431 g/mol. The van der Waals surface area contributed by atoms with Gasteiger partial charge in [-0.25, -0.2) is 4.79 Å². The van der Waals surface area contributed by atoms with Gasteiger partial charge < -0.3 is 9.88 Å². The summed E-state index contributed by atoms with van der Waals surface area (Å²) in [6.07, 6.45) is 4.22. The Labute approximate surface area is 188 Å². The number of nitrogens with zero attached hydrogens (tertiary/aromatic N) is 3. The molecule has 6 nitrogen and oxygen atoms in total. The molecule has 0 atom stereocenters. The minimum atomic E-state index is -0.696. The summed E-state index contributed by atoms with van der Waals surface area (Å²) >= 11 is 0. The van der Waals surface area contributed by atoms with Crippen molar-refractivity contribution in [3.63, 3.8) is 0 Å². The van der Waals surface area contributed by atoms with Gasteiger partial charge in [-0.05, 0) is 43.4 Å². The highest BCUT2D eigenvalue weighted by Crippen LogP contribution is 2.38. The van der Waals surface area contributed by atoms with Gasteiger partial charge in [0, 0.05) is 49.8 Å². The van der Waals surface area contributed by atoms with Crippen LogP contribution in [0.2, 0.25) is 0 Å². The van der Waals surface area contributed by atoms with Gasteiger partial charge in [-0.2, -0.15) is 0 Å². The first kappa shape index (κ1) is 20.8. The van der Waals surface area contributed by atoms with E-state index >= 15 is 0 Å². The van der Waals surface area contributed by atoms with Crippen LogP contribution in [0, 0.1) is 0 Å². The monoisotopic (exact) mass is 430 g/mol. The van der Waals surface area contributed by atoms with Crippen LogP contribution < -0.4 is 0 Å². The summed E-state index contributed by atoms with van der Waals surface area (Å²) in [6.45, 7) is 5.35. The van der Waals surface area contributed by atoms with E-state index in [0.717, 1.165) is 31.6 Å². The van der Waals surface area contributed by atoms with E-state index in [1.807, 2.05) is 36.1 Å². The van der Waals surface area contributed by atoms with E-state index in [-0.39, 0.29) is 11.9 Å². The lowest BCUT2D eigenvalue weighted by atomic mass is 9.85. The molecule has 0 saturated carbocycles. The molecular formula is C26H30N4O2. The summed E-state index contributed by atoms with van der Waals surface area (Å²) in [7, 11) is 0. The Hall–Kier alpha value is -3.12. The summed E-state index contributed by atoms with van der Waals surface area (Å²) in [5, 5.41) is 1.25. The molecule has 5 rings (SSSR count). The second kappa shape index (κ2) is 8.43. The number of piperidine rings is 1. The van der Waals surface area contributed by atoms with Gasteiger partial charge >= 0.3 is 6.03 Å². The summed E-state index contributed by atoms with van der Waals surface area (Å²) in [5.74, 6) is -0.00944. The highest BCUT2D eigenvalue weighted by Gasteiger charge is 2.57. The predicted molar refractivity (Wildman–Crippen MR) is 125 cm³/mol. The lowest BCUT2D eigenvalue weighted by Gasteiger charge is -2.42. The number of hydrogen-bond acceptors (Lipinski definition) is 3. The molecular weight excluding hydrogens is 400 g/mol. The largest absolute Gasteiger partial charge is 0.361 e. The van der Waals surface area contributed by atoms with Crippen LogP contribution in [0.3, 0.4) is 0 Å². The molecule has 1 N–H and O–H groups in total. The summed E-state index contributed by atoms with van der Waals surface area (Å²) in [6, 6.07) is 18.4. The third-order valence-electron chi connectivity index (χ3n) is 7.16. The van der Waals surface area contributed by atoms with Gasteiger partial charge in [0.2, 0.25) is 0 Å². The van der Waals surface area contributed by atoms with Gasteiger partial charge in [-0.3, -0.25) is 14.6 Å². The predicted octanol–water partition coefficient (Wildman–Crippen LogP) is 4.03. The van der Waals surface area contributed by atoms with E-state index in [0.29, 0.717) is 25.9 Å².